The van der Waals surface area contributed by atoms with Gasteiger partial charge in [0, 0.05) is 6.42 Å². The fraction of sp³-hybridized carbons (Fsp3) is 0.417. The van der Waals surface area contributed by atoms with Gasteiger partial charge in [0.2, 0.25) is 0 Å². The number of rotatable bonds is 5. The fourth-order valence-corrected chi connectivity index (χ4v) is 2.75. The lowest BCUT2D eigenvalue weighted by molar-refractivity contribution is -0.116. The van der Waals surface area contributed by atoms with E-state index in [0.717, 1.165) is 11.1 Å². The molecular weight excluding hydrogens is 224 g/mol. The predicted octanol–water partition coefficient (Wildman–Crippen LogP) is 1.89. The van der Waals surface area contributed by atoms with Crippen LogP contribution in [0, 0.1) is 6.92 Å². The number of carbonyl (C=O) groups excluding carboxylic acids is 1. The number of hydrogen-bond donors (Lipinski definition) is 0. The maximum Gasteiger partial charge on any atom is 0.154 e. The van der Waals surface area contributed by atoms with E-state index in [1.54, 1.807) is 12.1 Å². The zero-order valence-electron chi connectivity index (χ0n) is 9.56. The minimum Gasteiger partial charge on any atom is -0.300 e. The first-order valence-corrected chi connectivity index (χ1v) is 6.96. The Hall–Kier alpha value is -1.16. The topological polar surface area (TPSA) is 51.2 Å². The van der Waals surface area contributed by atoms with E-state index in [4.69, 9.17) is 0 Å². The van der Waals surface area contributed by atoms with Crippen LogP contribution in [0.1, 0.15) is 24.5 Å². The Balaban J connectivity index is 2.65. The van der Waals surface area contributed by atoms with Crippen LogP contribution in [0.25, 0.3) is 0 Å². The highest BCUT2D eigenvalue weighted by Crippen LogP contribution is 2.09. The highest BCUT2D eigenvalue weighted by Gasteiger charge is 2.12. The molecule has 0 radical (unpaired) electrons. The highest BCUT2D eigenvalue weighted by atomic mass is 32.2. The van der Waals surface area contributed by atoms with Crippen LogP contribution in [0.4, 0.5) is 0 Å². The first kappa shape index (κ1) is 12.9. The molecule has 0 aliphatic carbocycles. The van der Waals surface area contributed by atoms with Crippen molar-refractivity contribution in [2.24, 2.45) is 0 Å². The molecule has 1 aromatic carbocycles. The lowest BCUT2D eigenvalue weighted by Crippen LogP contribution is -2.11. The van der Waals surface area contributed by atoms with Gasteiger partial charge in [-0.2, -0.15) is 0 Å². The maximum atomic E-state index is 11.6. The molecule has 0 spiro atoms. The largest absolute Gasteiger partial charge is 0.300 e. The summed E-state index contributed by atoms with van der Waals surface area (Å²) in [4.78, 5) is 10.7. The number of benzene rings is 1. The molecule has 0 bridgehead atoms. The molecule has 0 heterocycles. The molecule has 88 valence electrons. The van der Waals surface area contributed by atoms with Crippen LogP contribution in [0.2, 0.25) is 0 Å². The summed E-state index contributed by atoms with van der Waals surface area (Å²) >= 11 is 0. The van der Waals surface area contributed by atoms with Gasteiger partial charge in [-0.25, -0.2) is 8.42 Å². The normalized spacial score (nSPS) is 11.4. The van der Waals surface area contributed by atoms with E-state index in [0.29, 0.717) is 0 Å². The summed E-state index contributed by atoms with van der Waals surface area (Å²) in [6.45, 7) is 3.36. The summed E-state index contributed by atoms with van der Waals surface area (Å²) in [5.74, 6) is -0.135. The molecule has 1 rings (SSSR count). The smallest absolute Gasteiger partial charge is 0.154 e. The minimum atomic E-state index is -3.16. The van der Waals surface area contributed by atoms with Crippen molar-refractivity contribution >= 4 is 15.6 Å². The maximum absolute atomic E-state index is 11.6. The number of ketones is 1. The lowest BCUT2D eigenvalue weighted by Gasteiger charge is -2.03. The third kappa shape index (κ3) is 4.57. The molecule has 16 heavy (non-hydrogen) atoms. The second kappa shape index (κ2) is 5.25. The third-order valence-corrected chi connectivity index (χ3v) is 3.87. The van der Waals surface area contributed by atoms with E-state index < -0.39 is 9.84 Å². The number of aryl methyl sites for hydroxylation is 1. The Morgan fingerprint density at radius 2 is 1.75 bits per heavy atom. The molecule has 1 aromatic rings. The molecule has 0 aliphatic heterocycles. The van der Waals surface area contributed by atoms with Crippen LogP contribution in [-0.2, 0) is 20.4 Å². The molecule has 0 saturated heterocycles. The van der Waals surface area contributed by atoms with Gasteiger partial charge in [-0.3, -0.25) is 4.79 Å². The van der Waals surface area contributed by atoms with Gasteiger partial charge in [0.25, 0.3) is 0 Å². The first-order valence-electron chi connectivity index (χ1n) is 5.14. The first-order chi connectivity index (χ1) is 7.39. The van der Waals surface area contributed by atoms with E-state index in [-0.39, 0.29) is 23.7 Å². The molecule has 0 fully saturated rings. The van der Waals surface area contributed by atoms with Crippen LogP contribution in [0.5, 0.6) is 0 Å². The predicted molar refractivity (Wildman–Crippen MR) is 64.0 cm³/mol. The summed E-state index contributed by atoms with van der Waals surface area (Å²) in [5, 5.41) is 0. The van der Waals surface area contributed by atoms with Crippen LogP contribution in [0.15, 0.2) is 24.3 Å². The molecule has 4 heteroatoms. The van der Waals surface area contributed by atoms with Crippen LogP contribution >= 0.6 is 0 Å². The van der Waals surface area contributed by atoms with Crippen molar-refractivity contribution in [2.45, 2.75) is 26.0 Å². The van der Waals surface area contributed by atoms with Crippen LogP contribution < -0.4 is 0 Å². The molecular formula is C12H16O3S. The second-order valence-corrected chi connectivity index (χ2v) is 6.21. The van der Waals surface area contributed by atoms with Crippen molar-refractivity contribution in [1.29, 1.82) is 0 Å². The molecule has 0 unspecified atom stereocenters. The highest BCUT2D eigenvalue weighted by molar-refractivity contribution is 7.90. The fourth-order valence-electron chi connectivity index (χ4n) is 1.31. The standard InChI is InChI=1S/C12H16O3S/c1-10-3-5-12(6-4-10)9-16(14,15)8-7-11(2)13/h3-6H,7-9H2,1-2H3. The molecule has 0 saturated carbocycles. The van der Waals surface area contributed by atoms with Gasteiger partial charge in [-0.1, -0.05) is 29.8 Å². The summed E-state index contributed by atoms with van der Waals surface area (Å²) < 4.78 is 23.3. The molecule has 0 atom stereocenters. The van der Waals surface area contributed by atoms with Crippen molar-refractivity contribution in [3.05, 3.63) is 35.4 Å². The summed E-state index contributed by atoms with van der Waals surface area (Å²) in [6.07, 6.45) is 0.105. The Morgan fingerprint density at radius 3 is 2.25 bits per heavy atom. The van der Waals surface area contributed by atoms with E-state index in [2.05, 4.69) is 0 Å². The van der Waals surface area contributed by atoms with E-state index in [1.807, 2.05) is 19.1 Å². The Labute approximate surface area is 96.4 Å². The van der Waals surface area contributed by atoms with Crippen molar-refractivity contribution in [2.75, 3.05) is 5.75 Å². The van der Waals surface area contributed by atoms with Crippen molar-refractivity contribution in [1.82, 2.24) is 0 Å². The second-order valence-electron chi connectivity index (χ2n) is 4.03. The van der Waals surface area contributed by atoms with Gasteiger partial charge < -0.3 is 0 Å². The van der Waals surface area contributed by atoms with E-state index >= 15 is 0 Å². The number of carbonyl (C=O) groups is 1. The third-order valence-electron chi connectivity index (χ3n) is 2.27. The van der Waals surface area contributed by atoms with E-state index in [9.17, 15) is 13.2 Å². The summed E-state index contributed by atoms with van der Waals surface area (Å²) in [6, 6.07) is 7.38. The zero-order chi connectivity index (χ0) is 12.2. The summed E-state index contributed by atoms with van der Waals surface area (Å²) in [5.41, 5.74) is 1.87. The van der Waals surface area contributed by atoms with Crippen LogP contribution in [0.3, 0.4) is 0 Å². The van der Waals surface area contributed by atoms with E-state index in [1.165, 1.54) is 6.92 Å². The molecule has 3 nitrogen and oxygen atoms in total. The van der Waals surface area contributed by atoms with Crippen molar-refractivity contribution in [3.8, 4) is 0 Å². The number of hydrogen-bond acceptors (Lipinski definition) is 3. The monoisotopic (exact) mass is 240 g/mol. The van der Waals surface area contributed by atoms with Gasteiger partial charge in [0.1, 0.15) is 5.78 Å². The molecule has 0 amide bonds. The Kier molecular flexibility index (Phi) is 4.24. The van der Waals surface area contributed by atoms with Gasteiger partial charge in [0.15, 0.2) is 9.84 Å². The molecule has 0 aromatic heterocycles. The van der Waals surface area contributed by atoms with Gasteiger partial charge >= 0.3 is 0 Å². The number of Topliss-reactive ketones (excluding diaryl/α,β-unsaturated/α-hetero) is 1. The van der Waals surface area contributed by atoms with Gasteiger partial charge in [-0.05, 0) is 19.4 Å². The SMILES string of the molecule is CC(=O)CCS(=O)(=O)Cc1ccc(C)cc1. The average Bonchev–Trinajstić information content (AvgIpc) is 2.19. The zero-order valence-corrected chi connectivity index (χ0v) is 10.4. The van der Waals surface area contributed by atoms with Gasteiger partial charge in [0.05, 0.1) is 11.5 Å². The molecule has 0 aliphatic rings. The lowest BCUT2D eigenvalue weighted by atomic mass is 10.2. The number of sulfone groups is 1. The average molecular weight is 240 g/mol. The quantitative estimate of drug-likeness (QED) is 0.789. The Bertz CT molecular complexity index is 458. The van der Waals surface area contributed by atoms with Crippen LogP contribution in [-0.4, -0.2) is 20.0 Å². The minimum absolute atomic E-state index is 0.0144. The van der Waals surface area contributed by atoms with Crippen molar-refractivity contribution in [3.63, 3.8) is 0 Å². The molecule has 0 N–H and O–H groups in total. The van der Waals surface area contributed by atoms with Crippen molar-refractivity contribution < 1.29 is 13.2 Å². The van der Waals surface area contributed by atoms with Gasteiger partial charge in [-0.15, -0.1) is 0 Å². The Morgan fingerprint density at radius 1 is 1.19 bits per heavy atom. The summed E-state index contributed by atoms with van der Waals surface area (Å²) in [7, 11) is -3.16.